The minimum absolute atomic E-state index is 0.0276. The van der Waals surface area contributed by atoms with Gasteiger partial charge in [-0.05, 0) is 38.6 Å². The van der Waals surface area contributed by atoms with Crippen LogP contribution in [0.25, 0.3) is 0 Å². The van der Waals surface area contributed by atoms with Gasteiger partial charge in [-0.25, -0.2) is 0 Å². The van der Waals surface area contributed by atoms with Crippen molar-refractivity contribution in [3.63, 3.8) is 0 Å². The molecule has 1 atom stereocenters. The number of rotatable bonds is 3. The van der Waals surface area contributed by atoms with Crippen LogP contribution in [0.3, 0.4) is 0 Å². The van der Waals surface area contributed by atoms with Crippen molar-refractivity contribution in [2.45, 2.75) is 50.5 Å². The molecule has 1 aromatic heterocycles. The van der Waals surface area contributed by atoms with E-state index in [1.807, 2.05) is 0 Å². The maximum atomic E-state index is 5.42. The summed E-state index contributed by atoms with van der Waals surface area (Å²) < 4.78 is 5.42. The Hall–Kier alpha value is -0.900. The van der Waals surface area contributed by atoms with Crippen LogP contribution in [-0.4, -0.2) is 16.7 Å². The SMILES string of the molecule is CCC1(c2nc(C3CC3)no2)CCCN1. The van der Waals surface area contributed by atoms with Crippen molar-refractivity contribution in [2.75, 3.05) is 6.54 Å². The van der Waals surface area contributed by atoms with Crippen LogP contribution in [0.15, 0.2) is 4.52 Å². The first-order valence-corrected chi connectivity index (χ1v) is 5.93. The van der Waals surface area contributed by atoms with Crippen LogP contribution in [0.2, 0.25) is 0 Å². The molecule has 0 bridgehead atoms. The van der Waals surface area contributed by atoms with E-state index in [9.17, 15) is 0 Å². The van der Waals surface area contributed by atoms with Crippen LogP contribution in [0, 0.1) is 0 Å². The Kier molecular flexibility index (Phi) is 2.06. The Morgan fingerprint density at radius 2 is 2.40 bits per heavy atom. The molecule has 2 heterocycles. The lowest BCUT2D eigenvalue weighted by Gasteiger charge is -2.22. The van der Waals surface area contributed by atoms with E-state index >= 15 is 0 Å². The third-order valence-electron chi connectivity index (χ3n) is 3.64. The molecule has 0 aromatic carbocycles. The lowest BCUT2D eigenvalue weighted by Crippen LogP contribution is -2.36. The second-order valence-electron chi connectivity index (χ2n) is 4.70. The maximum Gasteiger partial charge on any atom is 0.246 e. The van der Waals surface area contributed by atoms with E-state index in [-0.39, 0.29) is 5.54 Å². The van der Waals surface area contributed by atoms with Gasteiger partial charge in [0.25, 0.3) is 0 Å². The Morgan fingerprint density at radius 1 is 1.53 bits per heavy atom. The molecule has 0 radical (unpaired) electrons. The zero-order chi connectivity index (χ0) is 10.3. The molecule has 1 aromatic rings. The molecule has 82 valence electrons. The van der Waals surface area contributed by atoms with E-state index in [1.165, 1.54) is 19.3 Å². The van der Waals surface area contributed by atoms with Gasteiger partial charge in [0.2, 0.25) is 5.89 Å². The molecule has 1 aliphatic carbocycles. The van der Waals surface area contributed by atoms with Gasteiger partial charge in [-0.2, -0.15) is 4.98 Å². The summed E-state index contributed by atoms with van der Waals surface area (Å²) >= 11 is 0. The first kappa shape index (κ1) is 9.33. The highest BCUT2D eigenvalue weighted by Crippen LogP contribution is 2.40. The molecule has 4 nitrogen and oxygen atoms in total. The molecule has 0 amide bonds. The molecule has 0 spiro atoms. The van der Waals surface area contributed by atoms with Gasteiger partial charge in [0, 0.05) is 5.92 Å². The lowest BCUT2D eigenvalue weighted by molar-refractivity contribution is 0.249. The van der Waals surface area contributed by atoms with E-state index < -0.39 is 0 Å². The fourth-order valence-electron chi connectivity index (χ4n) is 2.38. The topological polar surface area (TPSA) is 51.0 Å². The summed E-state index contributed by atoms with van der Waals surface area (Å²) in [7, 11) is 0. The number of nitrogens with one attached hydrogen (secondary N) is 1. The Morgan fingerprint density at radius 3 is 3.00 bits per heavy atom. The number of hydrogen-bond acceptors (Lipinski definition) is 4. The van der Waals surface area contributed by atoms with Crippen molar-refractivity contribution in [1.82, 2.24) is 15.5 Å². The smallest absolute Gasteiger partial charge is 0.246 e. The molecule has 2 aliphatic rings. The minimum Gasteiger partial charge on any atom is -0.337 e. The van der Waals surface area contributed by atoms with Gasteiger partial charge >= 0.3 is 0 Å². The molecule has 2 fully saturated rings. The summed E-state index contributed by atoms with van der Waals surface area (Å²) in [6.07, 6.45) is 5.81. The molecule has 4 heteroatoms. The van der Waals surface area contributed by atoms with Gasteiger partial charge in [-0.1, -0.05) is 12.1 Å². The summed E-state index contributed by atoms with van der Waals surface area (Å²) in [5.41, 5.74) is -0.0276. The highest BCUT2D eigenvalue weighted by atomic mass is 16.5. The molecule has 1 N–H and O–H groups in total. The maximum absolute atomic E-state index is 5.42. The van der Waals surface area contributed by atoms with Gasteiger partial charge in [0.05, 0.1) is 5.54 Å². The Labute approximate surface area is 89.4 Å². The van der Waals surface area contributed by atoms with Crippen molar-refractivity contribution >= 4 is 0 Å². The fraction of sp³-hybridized carbons (Fsp3) is 0.818. The zero-order valence-electron chi connectivity index (χ0n) is 9.12. The summed E-state index contributed by atoms with van der Waals surface area (Å²) in [6.45, 7) is 3.24. The molecular formula is C11H17N3O. The number of aromatic nitrogens is 2. The second kappa shape index (κ2) is 3.30. The van der Waals surface area contributed by atoms with Crippen LogP contribution >= 0.6 is 0 Å². The minimum atomic E-state index is -0.0276. The van der Waals surface area contributed by atoms with Crippen molar-refractivity contribution in [1.29, 1.82) is 0 Å². The molecule has 1 aliphatic heterocycles. The van der Waals surface area contributed by atoms with E-state index in [2.05, 4.69) is 22.4 Å². The third-order valence-corrected chi connectivity index (χ3v) is 3.64. The van der Waals surface area contributed by atoms with Gasteiger partial charge in [-0.3, -0.25) is 0 Å². The van der Waals surface area contributed by atoms with Gasteiger partial charge in [0.1, 0.15) is 0 Å². The highest BCUT2D eigenvalue weighted by Gasteiger charge is 2.40. The van der Waals surface area contributed by atoms with Gasteiger partial charge in [0.15, 0.2) is 5.82 Å². The third kappa shape index (κ3) is 1.47. The molecular weight excluding hydrogens is 190 g/mol. The predicted octanol–water partition coefficient (Wildman–Crippen LogP) is 1.94. The van der Waals surface area contributed by atoms with Crippen LogP contribution in [0.5, 0.6) is 0 Å². The normalized spacial score (nSPS) is 31.0. The average Bonchev–Trinajstić information content (AvgIpc) is 2.84. The molecule has 15 heavy (non-hydrogen) atoms. The average molecular weight is 207 g/mol. The van der Waals surface area contributed by atoms with Crippen molar-refractivity contribution in [2.24, 2.45) is 0 Å². The van der Waals surface area contributed by atoms with Gasteiger partial charge in [-0.15, -0.1) is 0 Å². The summed E-state index contributed by atoms with van der Waals surface area (Å²) in [6, 6.07) is 0. The quantitative estimate of drug-likeness (QED) is 0.823. The van der Waals surface area contributed by atoms with Crippen LogP contribution in [-0.2, 0) is 5.54 Å². The first-order chi connectivity index (χ1) is 7.34. The van der Waals surface area contributed by atoms with Crippen molar-refractivity contribution in [3.05, 3.63) is 11.7 Å². The molecule has 1 saturated carbocycles. The van der Waals surface area contributed by atoms with E-state index in [0.717, 1.165) is 31.1 Å². The number of hydrogen-bond donors (Lipinski definition) is 1. The first-order valence-electron chi connectivity index (χ1n) is 5.93. The monoisotopic (exact) mass is 207 g/mol. The van der Waals surface area contributed by atoms with Crippen molar-refractivity contribution in [3.8, 4) is 0 Å². The highest BCUT2D eigenvalue weighted by molar-refractivity contribution is 5.10. The molecule has 1 saturated heterocycles. The molecule has 3 rings (SSSR count). The zero-order valence-corrected chi connectivity index (χ0v) is 9.12. The lowest BCUT2D eigenvalue weighted by atomic mass is 9.94. The summed E-state index contributed by atoms with van der Waals surface area (Å²) in [5.74, 6) is 2.31. The largest absolute Gasteiger partial charge is 0.337 e. The molecule has 1 unspecified atom stereocenters. The Bertz CT molecular complexity index is 350. The summed E-state index contributed by atoms with van der Waals surface area (Å²) in [4.78, 5) is 4.56. The van der Waals surface area contributed by atoms with E-state index in [4.69, 9.17) is 4.52 Å². The fourth-order valence-corrected chi connectivity index (χ4v) is 2.38. The summed E-state index contributed by atoms with van der Waals surface area (Å²) in [5, 5.41) is 7.60. The van der Waals surface area contributed by atoms with E-state index in [1.54, 1.807) is 0 Å². The van der Waals surface area contributed by atoms with Gasteiger partial charge < -0.3 is 9.84 Å². The van der Waals surface area contributed by atoms with Crippen LogP contribution < -0.4 is 5.32 Å². The number of nitrogens with zero attached hydrogens (tertiary/aromatic N) is 2. The standard InChI is InChI=1S/C11H17N3O/c1-2-11(6-3-7-12-11)10-13-9(14-15-10)8-4-5-8/h8,12H,2-7H2,1H3. The second-order valence-corrected chi connectivity index (χ2v) is 4.70. The van der Waals surface area contributed by atoms with Crippen molar-refractivity contribution < 1.29 is 4.52 Å². The van der Waals surface area contributed by atoms with Crippen LogP contribution in [0.1, 0.15) is 56.7 Å². The van der Waals surface area contributed by atoms with Crippen LogP contribution in [0.4, 0.5) is 0 Å². The predicted molar refractivity (Wildman–Crippen MR) is 55.5 cm³/mol. The van der Waals surface area contributed by atoms with E-state index in [0.29, 0.717) is 5.92 Å². The Balaban J connectivity index is 1.88.